The summed E-state index contributed by atoms with van der Waals surface area (Å²) in [5.74, 6) is -0.642. The number of rotatable bonds is 7. The Kier molecular flexibility index (Phi) is 7.46. The highest BCUT2D eigenvalue weighted by atomic mass is 19.4. The fourth-order valence-corrected chi connectivity index (χ4v) is 3.06. The maximum atomic E-state index is 13.1. The molecule has 188 valence electrons. The average Bonchev–Trinajstić information content (AvgIpc) is 3.13. The van der Waals surface area contributed by atoms with Crippen molar-refractivity contribution in [2.45, 2.75) is 51.8 Å². The third-order valence-corrected chi connectivity index (χ3v) is 4.61. The molecule has 0 unspecified atom stereocenters. The number of nitrogens with one attached hydrogen (secondary N) is 2. The van der Waals surface area contributed by atoms with Crippen molar-refractivity contribution in [1.82, 2.24) is 24.9 Å². The minimum absolute atomic E-state index is 0.132. The Bertz CT molecular complexity index is 1220. The number of nitrogens with zero attached hydrogens (tertiary/aromatic N) is 4. The van der Waals surface area contributed by atoms with E-state index in [1.807, 2.05) is 0 Å². The highest BCUT2D eigenvalue weighted by Crippen LogP contribution is 2.34. The maximum absolute atomic E-state index is 13.1. The zero-order valence-electron chi connectivity index (χ0n) is 19.4. The van der Waals surface area contributed by atoms with Crippen LogP contribution in [-0.4, -0.2) is 43.7 Å². The number of alkyl carbamates (subject to hydrolysis) is 1. The van der Waals surface area contributed by atoms with Gasteiger partial charge < -0.3 is 21.1 Å². The number of imidazole rings is 1. The summed E-state index contributed by atoms with van der Waals surface area (Å²) in [4.78, 5) is 31.6. The molecule has 0 spiro atoms. The summed E-state index contributed by atoms with van der Waals surface area (Å²) in [6, 6.07) is 3.94. The molecule has 13 heteroatoms. The van der Waals surface area contributed by atoms with Crippen molar-refractivity contribution in [2.75, 3.05) is 17.6 Å². The first kappa shape index (κ1) is 25.7. The monoisotopic (exact) mass is 493 g/mol. The predicted molar refractivity (Wildman–Crippen MR) is 122 cm³/mol. The number of hydrogen-bond donors (Lipinski definition) is 3. The largest absolute Gasteiger partial charge is 0.444 e. The number of carbonyl (C=O) groups is 2. The molecule has 35 heavy (non-hydrogen) atoms. The SMILES string of the molecule is CC(C)(C)OC(=O)NCCCCC(=O)Nc1cn2nc(-c3cnc(N)c(C(F)(F)F)c3)ccc2n1. The van der Waals surface area contributed by atoms with Gasteiger partial charge in [0.1, 0.15) is 11.4 Å². The smallest absolute Gasteiger partial charge is 0.419 e. The van der Waals surface area contributed by atoms with Crippen LogP contribution in [-0.2, 0) is 15.7 Å². The van der Waals surface area contributed by atoms with Gasteiger partial charge in [0.05, 0.1) is 17.5 Å². The van der Waals surface area contributed by atoms with E-state index in [1.54, 1.807) is 26.8 Å². The summed E-state index contributed by atoms with van der Waals surface area (Å²) in [6.45, 7) is 5.68. The molecule has 0 saturated carbocycles. The van der Waals surface area contributed by atoms with Gasteiger partial charge in [-0.1, -0.05) is 0 Å². The molecule has 2 amide bonds. The maximum Gasteiger partial charge on any atom is 0.419 e. The van der Waals surface area contributed by atoms with Crippen molar-refractivity contribution < 1.29 is 27.5 Å². The van der Waals surface area contributed by atoms with Gasteiger partial charge in [-0.15, -0.1) is 0 Å². The highest BCUT2D eigenvalue weighted by molar-refractivity contribution is 5.90. The molecule has 0 bridgehead atoms. The average molecular weight is 493 g/mol. The van der Waals surface area contributed by atoms with E-state index in [4.69, 9.17) is 10.5 Å². The van der Waals surface area contributed by atoms with Gasteiger partial charge in [0.15, 0.2) is 11.5 Å². The number of amides is 2. The summed E-state index contributed by atoms with van der Waals surface area (Å²) in [6.07, 6.45) is -1.17. The summed E-state index contributed by atoms with van der Waals surface area (Å²) < 4.78 is 45.9. The number of pyridine rings is 1. The van der Waals surface area contributed by atoms with Gasteiger partial charge in [0.25, 0.3) is 0 Å². The van der Waals surface area contributed by atoms with Crippen molar-refractivity contribution in [2.24, 2.45) is 0 Å². The van der Waals surface area contributed by atoms with Crippen LogP contribution in [0, 0.1) is 0 Å². The van der Waals surface area contributed by atoms with E-state index < -0.39 is 29.3 Å². The number of alkyl halides is 3. The topological polar surface area (TPSA) is 137 Å². The van der Waals surface area contributed by atoms with Crippen LogP contribution in [0.25, 0.3) is 16.9 Å². The molecule has 0 aliphatic carbocycles. The van der Waals surface area contributed by atoms with Crippen molar-refractivity contribution in [3.63, 3.8) is 0 Å². The second-order valence-corrected chi connectivity index (χ2v) is 8.74. The number of anilines is 2. The van der Waals surface area contributed by atoms with Crippen LogP contribution in [0.1, 0.15) is 45.6 Å². The lowest BCUT2D eigenvalue weighted by Gasteiger charge is -2.19. The van der Waals surface area contributed by atoms with Crippen LogP contribution in [0.15, 0.2) is 30.6 Å². The number of aromatic nitrogens is 4. The summed E-state index contributed by atoms with van der Waals surface area (Å²) in [5.41, 5.74) is 4.48. The number of fused-ring (bicyclic) bond motifs is 1. The van der Waals surface area contributed by atoms with Gasteiger partial charge >= 0.3 is 12.3 Å². The van der Waals surface area contributed by atoms with E-state index in [0.717, 1.165) is 6.07 Å². The highest BCUT2D eigenvalue weighted by Gasteiger charge is 2.34. The Morgan fingerprint density at radius 3 is 2.60 bits per heavy atom. The Morgan fingerprint density at radius 1 is 1.17 bits per heavy atom. The van der Waals surface area contributed by atoms with Gasteiger partial charge in [0.2, 0.25) is 5.91 Å². The molecule has 10 nitrogen and oxygen atoms in total. The summed E-state index contributed by atoms with van der Waals surface area (Å²) >= 11 is 0. The first-order valence-corrected chi connectivity index (χ1v) is 10.8. The van der Waals surface area contributed by atoms with Crippen LogP contribution >= 0.6 is 0 Å². The quantitative estimate of drug-likeness (QED) is 0.423. The number of ether oxygens (including phenoxy) is 1. The number of nitrogens with two attached hydrogens (primary N) is 1. The molecule has 0 aromatic carbocycles. The van der Waals surface area contributed by atoms with Crippen molar-refractivity contribution in [3.8, 4) is 11.3 Å². The zero-order chi connectivity index (χ0) is 25.8. The zero-order valence-corrected chi connectivity index (χ0v) is 19.4. The molecule has 0 saturated heterocycles. The predicted octanol–water partition coefficient (Wildman–Crippen LogP) is 4.03. The van der Waals surface area contributed by atoms with E-state index >= 15 is 0 Å². The van der Waals surface area contributed by atoms with Gasteiger partial charge in [0, 0.05) is 24.7 Å². The van der Waals surface area contributed by atoms with E-state index in [1.165, 1.54) is 23.0 Å². The van der Waals surface area contributed by atoms with E-state index in [9.17, 15) is 22.8 Å². The number of halogens is 3. The molecule has 0 atom stereocenters. The Hall–Kier alpha value is -3.90. The van der Waals surface area contributed by atoms with Crippen LogP contribution in [0.4, 0.5) is 29.6 Å². The molecule has 4 N–H and O–H groups in total. The number of unbranched alkanes of at least 4 members (excludes halogenated alkanes) is 1. The van der Waals surface area contributed by atoms with E-state index in [-0.39, 0.29) is 29.4 Å². The summed E-state index contributed by atoms with van der Waals surface area (Å²) in [5, 5.41) is 9.54. The Labute approximate surface area is 199 Å². The van der Waals surface area contributed by atoms with Gasteiger partial charge in [-0.3, -0.25) is 4.79 Å². The number of carbonyl (C=O) groups excluding carboxylic acids is 2. The lowest BCUT2D eigenvalue weighted by Crippen LogP contribution is -2.33. The van der Waals surface area contributed by atoms with Crippen LogP contribution in [0.3, 0.4) is 0 Å². The van der Waals surface area contributed by atoms with Crippen molar-refractivity contribution >= 4 is 29.3 Å². The van der Waals surface area contributed by atoms with Gasteiger partial charge in [-0.05, 0) is 51.8 Å². The minimum Gasteiger partial charge on any atom is -0.444 e. The number of nitrogen functional groups attached to an aromatic ring is 1. The van der Waals surface area contributed by atoms with Gasteiger partial charge in [-0.2, -0.15) is 18.3 Å². The molecule has 3 aromatic rings. The van der Waals surface area contributed by atoms with Gasteiger partial charge in [-0.25, -0.2) is 19.3 Å². The van der Waals surface area contributed by atoms with Crippen LogP contribution in [0.2, 0.25) is 0 Å². The fourth-order valence-electron chi connectivity index (χ4n) is 3.06. The molecule has 3 rings (SSSR count). The first-order chi connectivity index (χ1) is 16.3. The van der Waals surface area contributed by atoms with Crippen LogP contribution in [0.5, 0.6) is 0 Å². The van der Waals surface area contributed by atoms with Crippen LogP contribution < -0.4 is 16.4 Å². The third kappa shape index (κ3) is 7.29. The molecule has 3 heterocycles. The van der Waals surface area contributed by atoms with E-state index in [2.05, 4.69) is 25.7 Å². The summed E-state index contributed by atoms with van der Waals surface area (Å²) in [7, 11) is 0. The molecule has 0 fully saturated rings. The first-order valence-electron chi connectivity index (χ1n) is 10.8. The second-order valence-electron chi connectivity index (χ2n) is 8.74. The Balaban J connectivity index is 1.56. The van der Waals surface area contributed by atoms with Crippen molar-refractivity contribution in [3.05, 3.63) is 36.2 Å². The molecule has 0 radical (unpaired) electrons. The normalized spacial score (nSPS) is 11.9. The van der Waals surface area contributed by atoms with E-state index in [0.29, 0.717) is 25.0 Å². The Morgan fingerprint density at radius 2 is 1.91 bits per heavy atom. The van der Waals surface area contributed by atoms with Crippen molar-refractivity contribution in [1.29, 1.82) is 0 Å². The third-order valence-electron chi connectivity index (χ3n) is 4.61. The lowest BCUT2D eigenvalue weighted by molar-refractivity contribution is -0.137. The minimum atomic E-state index is -4.64. The molecule has 0 aliphatic heterocycles. The number of hydrogen-bond acceptors (Lipinski definition) is 7. The second kappa shape index (κ2) is 10.2. The molecular formula is C22H26F3N7O3. The lowest BCUT2D eigenvalue weighted by atomic mass is 10.1. The molecule has 0 aliphatic rings. The molecular weight excluding hydrogens is 467 g/mol. The fraction of sp³-hybridized carbons (Fsp3) is 0.409. The molecule has 3 aromatic heterocycles. The standard InChI is InChI=1S/C22H26F3N7O3/c1-21(2,3)35-20(34)27-9-5-4-6-18(33)30-16-12-32-17(29-16)8-7-15(31-32)13-10-14(22(23,24)25)19(26)28-11-13/h7-8,10-12H,4-6,9H2,1-3H3,(H2,26,28)(H,27,34)(H,30,33).